The average Bonchev–Trinajstić information content (AvgIpc) is 3.07. The second-order valence-corrected chi connectivity index (χ2v) is 5.73. The summed E-state index contributed by atoms with van der Waals surface area (Å²) in [6.07, 6.45) is 4.98. The van der Waals surface area contributed by atoms with E-state index < -0.39 is 22.9 Å². The van der Waals surface area contributed by atoms with Crippen molar-refractivity contribution in [2.24, 2.45) is 5.92 Å². The molecule has 8 heteroatoms. The number of methoxy groups -OCH3 is 1. The van der Waals surface area contributed by atoms with Gasteiger partial charge in [0, 0.05) is 0 Å². The topological polar surface area (TPSA) is 108 Å². The maximum Gasteiger partial charge on any atom is 0.307 e. The molecule has 0 saturated heterocycles. The largest absolute Gasteiger partial charge is 0.496 e. The molecular formula is C17H20N2O6. The number of anilines is 1. The molecule has 0 fully saturated rings. The molecule has 1 aromatic rings. The molecule has 2 atom stereocenters. The molecule has 0 unspecified atom stereocenters. The molecule has 0 radical (unpaired) electrons. The lowest BCUT2D eigenvalue weighted by atomic mass is 10.1. The summed E-state index contributed by atoms with van der Waals surface area (Å²) < 4.78 is 10.0. The number of esters is 1. The SMILES string of the molecule is COc1ccc(NC(=O)[C@H](C)OC(=O)C[C@@H]2C=CCC2)c([N+](=O)[O-])c1. The van der Waals surface area contributed by atoms with E-state index in [4.69, 9.17) is 9.47 Å². The predicted molar refractivity (Wildman–Crippen MR) is 90.3 cm³/mol. The molecule has 0 spiro atoms. The summed E-state index contributed by atoms with van der Waals surface area (Å²) in [7, 11) is 1.39. The number of carbonyl (C=O) groups is 2. The van der Waals surface area contributed by atoms with Crippen molar-refractivity contribution in [2.75, 3.05) is 12.4 Å². The fourth-order valence-electron chi connectivity index (χ4n) is 2.51. The van der Waals surface area contributed by atoms with Crippen molar-refractivity contribution >= 4 is 23.3 Å². The van der Waals surface area contributed by atoms with Gasteiger partial charge < -0.3 is 14.8 Å². The summed E-state index contributed by atoms with van der Waals surface area (Å²) in [6.45, 7) is 1.42. The number of benzene rings is 1. The minimum atomic E-state index is -1.06. The third-order valence-corrected chi connectivity index (χ3v) is 3.88. The first-order valence-electron chi connectivity index (χ1n) is 7.90. The van der Waals surface area contributed by atoms with Gasteiger partial charge in [-0.05, 0) is 37.8 Å². The number of carbonyl (C=O) groups excluding carboxylic acids is 2. The third kappa shape index (κ3) is 5.03. The molecule has 0 heterocycles. The van der Waals surface area contributed by atoms with Crippen LogP contribution >= 0.6 is 0 Å². The van der Waals surface area contributed by atoms with E-state index in [1.807, 2.05) is 12.2 Å². The molecule has 25 heavy (non-hydrogen) atoms. The summed E-state index contributed by atoms with van der Waals surface area (Å²) in [5, 5.41) is 13.5. The van der Waals surface area contributed by atoms with E-state index in [2.05, 4.69) is 5.32 Å². The number of nitro groups is 1. The second-order valence-electron chi connectivity index (χ2n) is 5.73. The smallest absolute Gasteiger partial charge is 0.307 e. The lowest BCUT2D eigenvalue weighted by Gasteiger charge is -2.15. The van der Waals surface area contributed by atoms with E-state index in [9.17, 15) is 19.7 Å². The predicted octanol–water partition coefficient (Wildman–Crippen LogP) is 2.83. The van der Waals surface area contributed by atoms with Crippen LogP contribution in [0.25, 0.3) is 0 Å². The van der Waals surface area contributed by atoms with Crippen LogP contribution in [-0.2, 0) is 14.3 Å². The van der Waals surface area contributed by atoms with Crippen LogP contribution in [0.3, 0.4) is 0 Å². The molecule has 1 aliphatic carbocycles. The standard InChI is InChI=1S/C17H20N2O6/c1-11(25-16(20)9-12-5-3-4-6-12)17(21)18-14-8-7-13(24-2)10-15(14)19(22)23/h3,5,7-8,10-12H,4,6,9H2,1-2H3,(H,18,21)/t11-,12+/m0/s1. The lowest BCUT2D eigenvalue weighted by Crippen LogP contribution is -2.30. The molecule has 1 N–H and O–H groups in total. The first-order chi connectivity index (χ1) is 11.9. The van der Waals surface area contributed by atoms with Crippen LogP contribution in [0.1, 0.15) is 26.2 Å². The van der Waals surface area contributed by atoms with Gasteiger partial charge in [-0.2, -0.15) is 0 Å². The number of nitrogens with zero attached hydrogens (tertiary/aromatic N) is 1. The van der Waals surface area contributed by atoms with Gasteiger partial charge >= 0.3 is 5.97 Å². The van der Waals surface area contributed by atoms with E-state index in [0.717, 1.165) is 12.8 Å². The molecule has 0 bridgehead atoms. The lowest BCUT2D eigenvalue weighted by molar-refractivity contribution is -0.384. The van der Waals surface area contributed by atoms with Crippen LogP contribution in [0, 0.1) is 16.0 Å². The van der Waals surface area contributed by atoms with Gasteiger partial charge in [-0.15, -0.1) is 0 Å². The number of nitro benzene ring substituents is 1. The van der Waals surface area contributed by atoms with E-state index in [0.29, 0.717) is 5.75 Å². The van der Waals surface area contributed by atoms with Gasteiger partial charge in [-0.3, -0.25) is 19.7 Å². The highest BCUT2D eigenvalue weighted by molar-refractivity contribution is 5.97. The molecule has 134 valence electrons. The monoisotopic (exact) mass is 348 g/mol. The molecule has 2 rings (SSSR count). The summed E-state index contributed by atoms with van der Waals surface area (Å²) in [6, 6.07) is 4.07. The van der Waals surface area contributed by atoms with Gasteiger partial charge in [0.1, 0.15) is 11.4 Å². The van der Waals surface area contributed by atoms with Crippen molar-refractivity contribution in [3.63, 3.8) is 0 Å². The van der Waals surface area contributed by atoms with Crippen LogP contribution in [0.4, 0.5) is 11.4 Å². The van der Waals surface area contributed by atoms with Crippen LogP contribution < -0.4 is 10.1 Å². The fraction of sp³-hybridized carbons (Fsp3) is 0.412. The summed E-state index contributed by atoms with van der Waals surface area (Å²) >= 11 is 0. The Balaban J connectivity index is 1.97. The molecular weight excluding hydrogens is 328 g/mol. The Morgan fingerprint density at radius 2 is 2.20 bits per heavy atom. The Kier molecular flexibility index (Phi) is 6.10. The van der Waals surface area contributed by atoms with Gasteiger partial charge in [0.2, 0.25) is 0 Å². The highest BCUT2D eigenvalue weighted by Gasteiger charge is 2.23. The fourth-order valence-corrected chi connectivity index (χ4v) is 2.51. The highest BCUT2D eigenvalue weighted by Crippen LogP contribution is 2.29. The van der Waals surface area contributed by atoms with Gasteiger partial charge in [0.25, 0.3) is 11.6 Å². The Hall–Kier alpha value is -2.90. The zero-order chi connectivity index (χ0) is 18.4. The first-order valence-corrected chi connectivity index (χ1v) is 7.90. The molecule has 8 nitrogen and oxygen atoms in total. The van der Waals surface area contributed by atoms with Crippen LogP contribution in [0.15, 0.2) is 30.4 Å². The number of hydrogen-bond acceptors (Lipinski definition) is 6. The number of amides is 1. The zero-order valence-electron chi connectivity index (χ0n) is 14.1. The van der Waals surface area contributed by atoms with Gasteiger partial charge in [0.05, 0.1) is 24.5 Å². The van der Waals surface area contributed by atoms with E-state index >= 15 is 0 Å². The molecule has 1 aromatic carbocycles. The van der Waals surface area contributed by atoms with Gasteiger partial charge in [0.15, 0.2) is 6.10 Å². The number of hydrogen-bond donors (Lipinski definition) is 1. The Morgan fingerprint density at radius 1 is 1.44 bits per heavy atom. The van der Waals surface area contributed by atoms with E-state index in [1.54, 1.807) is 0 Å². The number of ether oxygens (including phenoxy) is 2. The maximum atomic E-state index is 12.2. The van der Waals surface area contributed by atoms with Crippen molar-refractivity contribution in [1.29, 1.82) is 0 Å². The molecule has 0 saturated carbocycles. The van der Waals surface area contributed by atoms with Gasteiger partial charge in [-0.25, -0.2) is 0 Å². The maximum absolute atomic E-state index is 12.2. The molecule has 0 aliphatic heterocycles. The van der Waals surface area contributed by atoms with Crippen molar-refractivity contribution in [3.8, 4) is 5.75 Å². The highest BCUT2D eigenvalue weighted by atomic mass is 16.6. The summed E-state index contributed by atoms with van der Waals surface area (Å²) in [4.78, 5) is 34.5. The Morgan fingerprint density at radius 3 is 2.80 bits per heavy atom. The van der Waals surface area contributed by atoms with Crippen LogP contribution in [0.5, 0.6) is 5.75 Å². The first kappa shape index (κ1) is 18.4. The normalized spacial score (nSPS) is 17.0. The number of nitrogens with one attached hydrogen (secondary N) is 1. The summed E-state index contributed by atoms with van der Waals surface area (Å²) in [5.41, 5.74) is -0.292. The Labute approximate surface area is 145 Å². The van der Waals surface area contributed by atoms with Crippen molar-refractivity contribution in [2.45, 2.75) is 32.3 Å². The Bertz CT molecular complexity index is 700. The van der Waals surface area contributed by atoms with Crippen molar-refractivity contribution < 1.29 is 24.0 Å². The van der Waals surface area contributed by atoms with Gasteiger partial charge in [-0.1, -0.05) is 12.2 Å². The number of rotatable bonds is 7. The quantitative estimate of drug-likeness (QED) is 0.351. The van der Waals surface area contributed by atoms with E-state index in [1.165, 1.54) is 32.2 Å². The third-order valence-electron chi connectivity index (χ3n) is 3.88. The van der Waals surface area contributed by atoms with Crippen molar-refractivity contribution in [3.05, 3.63) is 40.5 Å². The minimum absolute atomic E-state index is 0.0115. The average molecular weight is 348 g/mol. The number of allylic oxidation sites excluding steroid dienone is 2. The zero-order valence-corrected chi connectivity index (χ0v) is 14.1. The minimum Gasteiger partial charge on any atom is -0.496 e. The van der Waals surface area contributed by atoms with Crippen LogP contribution in [0.2, 0.25) is 0 Å². The molecule has 0 aromatic heterocycles. The molecule has 1 amide bonds. The summed E-state index contributed by atoms with van der Waals surface area (Å²) in [5.74, 6) is -0.661. The second kappa shape index (κ2) is 8.27. The van der Waals surface area contributed by atoms with Crippen molar-refractivity contribution in [1.82, 2.24) is 0 Å². The molecule has 1 aliphatic rings. The van der Waals surface area contributed by atoms with E-state index in [-0.39, 0.29) is 23.7 Å². The van der Waals surface area contributed by atoms with Crippen LogP contribution in [-0.4, -0.2) is 30.0 Å².